The van der Waals surface area contributed by atoms with Gasteiger partial charge in [-0.25, -0.2) is 0 Å². The van der Waals surface area contributed by atoms with Gasteiger partial charge < -0.3 is 5.32 Å². The minimum atomic E-state index is 1.16. The normalized spacial score (nSPS) is 10.7. The first kappa shape index (κ1) is 11.7. The van der Waals surface area contributed by atoms with Gasteiger partial charge in [-0.15, -0.1) is 11.3 Å². The summed E-state index contributed by atoms with van der Waals surface area (Å²) in [4.78, 5) is 2.97. The van der Waals surface area contributed by atoms with Crippen LogP contribution < -0.4 is 5.32 Å². The molecule has 0 amide bonds. The molecule has 1 nitrogen and oxygen atoms in total. The van der Waals surface area contributed by atoms with Crippen molar-refractivity contribution >= 4 is 11.3 Å². The van der Waals surface area contributed by atoms with Gasteiger partial charge in [-0.2, -0.15) is 0 Å². The van der Waals surface area contributed by atoms with E-state index >= 15 is 0 Å². The fourth-order valence-electron chi connectivity index (χ4n) is 1.47. The Balaban J connectivity index is 1.99. The molecular formula is C12H21NS. The third-order valence-electron chi connectivity index (χ3n) is 2.25. The smallest absolute Gasteiger partial charge is 0.00480 e. The Morgan fingerprint density at radius 1 is 1.21 bits per heavy atom. The van der Waals surface area contributed by atoms with Gasteiger partial charge in [-0.1, -0.05) is 6.92 Å². The largest absolute Gasteiger partial charge is 0.317 e. The Labute approximate surface area is 91.5 Å². The Kier molecular flexibility index (Phi) is 5.88. The molecule has 2 heteroatoms. The van der Waals surface area contributed by atoms with E-state index in [4.69, 9.17) is 0 Å². The number of nitrogens with one attached hydrogen (secondary N) is 1. The van der Waals surface area contributed by atoms with Crippen LogP contribution in [0.15, 0.2) is 12.1 Å². The molecule has 1 rings (SSSR count). The molecule has 0 spiro atoms. The van der Waals surface area contributed by atoms with E-state index in [-0.39, 0.29) is 0 Å². The van der Waals surface area contributed by atoms with E-state index in [0.29, 0.717) is 0 Å². The van der Waals surface area contributed by atoms with Crippen molar-refractivity contribution in [3.05, 3.63) is 21.9 Å². The van der Waals surface area contributed by atoms with Gasteiger partial charge in [0.2, 0.25) is 0 Å². The van der Waals surface area contributed by atoms with Crippen molar-refractivity contribution in [3.8, 4) is 0 Å². The van der Waals surface area contributed by atoms with Crippen molar-refractivity contribution in [2.45, 2.75) is 39.5 Å². The molecule has 0 radical (unpaired) electrons. The van der Waals surface area contributed by atoms with Crippen LogP contribution in [0.3, 0.4) is 0 Å². The van der Waals surface area contributed by atoms with Crippen LogP contribution in [0.5, 0.6) is 0 Å². The minimum Gasteiger partial charge on any atom is -0.317 e. The van der Waals surface area contributed by atoms with Crippen molar-refractivity contribution in [3.63, 3.8) is 0 Å². The number of unbranched alkanes of at least 4 members (excludes halogenated alkanes) is 1. The van der Waals surface area contributed by atoms with Gasteiger partial charge in [-0.3, -0.25) is 0 Å². The standard InChI is InChI=1S/C12H21NS/c1-3-9-13-10-5-4-6-12-8-7-11(2)14-12/h7-8,13H,3-6,9-10H2,1-2H3. The van der Waals surface area contributed by atoms with Gasteiger partial charge in [-0.05, 0) is 57.8 Å². The van der Waals surface area contributed by atoms with Gasteiger partial charge in [0.1, 0.15) is 0 Å². The second-order valence-corrected chi connectivity index (χ2v) is 5.09. The maximum absolute atomic E-state index is 3.43. The van der Waals surface area contributed by atoms with Crippen LogP contribution in [0.1, 0.15) is 35.9 Å². The molecule has 0 unspecified atom stereocenters. The quantitative estimate of drug-likeness (QED) is 0.682. The van der Waals surface area contributed by atoms with Gasteiger partial charge >= 0.3 is 0 Å². The summed E-state index contributed by atoms with van der Waals surface area (Å²) in [5.41, 5.74) is 0. The number of hydrogen-bond donors (Lipinski definition) is 1. The van der Waals surface area contributed by atoms with E-state index in [1.165, 1.54) is 42.0 Å². The maximum atomic E-state index is 3.43. The number of aryl methyl sites for hydroxylation is 2. The van der Waals surface area contributed by atoms with Crippen LogP contribution in [0, 0.1) is 6.92 Å². The van der Waals surface area contributed by atoms with Crippen LogP contribution in [0.25, 0.3) is 0 Å². The van der Waals surface area contributed by atoms with Gasteiger partial charge in [0.25, 0.3) is 0 Å². The lowest BCUT2D eigenvalue weighted by atomic mass is 10.2. The molecule has 1 aromatic rings. The summed E-state index contributed by atoms with van der Waals surface area (Å²) in [6, 6.07) is 4.48. The first-order valence-electron chi connectivity index (χ1n) is 5.59. The van der Waals surface area contributed by atoms with E-state index < -0.39 is 0 Å². The minimum absolute atomic E-state index is 1.16. The van der Waals surface area contributed by atoms with Crippen LogP contribution in [-0.4, -0.2) is 13.1 Å². The average Bonchev–Trinajstić information content (AvgIpc) is 2.58. The highest BCUT2D eigenvalue weighted by molar-refractivity contribution is 7.11. The molecule has 0 saturated heterocycles. The van der Waals surface area contributed by atoms with E-state index in [9.17, 15) is 0 Å². The van der Waals surface area contributed by atoms with E-state index in [1.54, 1.807) is 0 Å². The van der Waals surface area contributed by atoms with Crippen LogP contribution in [-0.2, 0) is 6.42 Å². The predicted molar refractivity (Wildman–Crippen MR) is 65.2 cm³/mol. The lowest BCUT2D eigenvalue weighted by molar-refractivity contribution is 0.618. The first-order chi connectivity index (χ1) is 6.83. The summed E-state index contributed by atoms with van der Waals surface area (Å²) in [7, 11) is 0. The zero-order chi connectivity index (χ0) is 10.2. The topological polar surface area (TPSA) is 12.0 Å². The summed E-state index contributed by atoms with van der Waals surface area (Å²) in [5.74, 6) is 0. The predicted octanol–water partition coefficient (Wildman–Crippen LogP) is 3.38. The van der Waals surface area contributed by atoms with E-state index in [0.717, 1.165) is 6.54 Å². The molecule has 1 aromatic heterocycles. The molecule has 0 saturated carbocycles. The van der Waals surface area contributed by atoms with Crippen molar-refractivity contribution in [2.75, 3.05) is 13.1 Å². The molecule has 0 aliphatic rings. The molecule has 14 heavy (non-hydrogen) atoms. The Bertz CT molecular complexity index is 242. The van der Waals surface area contributed by atoms with Crippen LogP contribution >= 0.6 is 11.3 Å². The first-order valence-corrected chi connectivity index (χ1v) is 6.40. The van der Waals surface area contributed by atoms with Crippen molar-refractivity contribution < 1.29 is 0 Å². The molecule has 0 atom stereocenters. The second kappa shape index (κ2) is 7.02. The molecule has 80 valence electrons. The highest BCUT2D eigenvalue weighted by atomic mass is 32.1. The lowest BCUT2D eigenvalue weighted by Gasteiger charge is -2.01. The third-order valence-corrected chi connectivity index (χ3v) is 3.31. The zero-order valence-electron chi connectivity index (χ0n) is 9.31. The molecule has 1 heterocycles. The van der Waals surface area contributed by atoms with Crippen LogP contribution in [0.2, 0.25) is 0 Å². The number of thiophene rings is 1. The van der Waals surface area contributed by atoms with E-state index in [2.05, 4.69) is 31.3 Å². The maximum Gasteiger partial charge on any atom is 0.00480 e. The highest BCUT2D eigenvalue weighted by Gasteiger charge is 1.96. The Morgan fingerprint density at radius 3 is 2.71 bits per heavy atom. The molecule has 1 N–H and O–H groups in total. The summed E-state index contributed by atoms with van der Waals surface area (Å²) in [5, 5.41) is 3.43. The molecule has 0 fully saturated rings. The SMILES string of the molecule is CCCNCCCCc1ccc(C)s1. The van der Waals surface area contributed by atoms with Gasteiger partial charge in [0.05, 0.1) is 0 Å². The van der Waals surface area contributed by atoms with Crippen molar-refractivity contribution in [1.82, 2.24) is 5.32 Å². The van der Waals surface area contributed by atoms with Crippen LogP contribution in [0.4, 0.5) is 0 Å². The molecule has 0 aromatic carbocycles. The summed E-state index contributed by atoms with van der Waals surface area (Å²) < 4.78 is 0. The summed E-state index contributed by atoms with van der Waals surface area (Å²) in [6.07, 6.45) is 5.12. The second-order valence-electron chi connectivity index (χ2n) is 3.72. The summed E-state index contributed by atoms with van der Waals surface area (Å²) in [6.45, 7) is 6.73. The molecule has 0 aliphatic carbocycles. The van der Waals surface area contributed by atoms with Gasteiger partial charge in [0.15, 0.2) is 0 Å². The summed E-state index contributed by atoms with van der Waals surface area (Å²) >= 11 is 1.94. The zero-order valence-corrected chi connectivity index (χ0v) is 10.1. The monoisotopic (exact) mass is 211 g/mol. The van der Waals surface area contributed by atoms with E-state index in [1.807, 2.05) is 11.3 Å². The molecule has 0 bridgehead atoms. The fourth-order valence-corrected chi connectivity index (χ4v) is 2.40. The number of hydrogen-bond acceptors (Lipinski definition) is 2. The molecule has 0 aliphatic heterocycles. The molecular weight excluding hydrogens is 190 g/mol. The Hall–Kier alpha value is -0.340. The van der Waals surface area contributed by atoms with Gasteiger partial charge in [0, 0.05) is 9.75 Å². The van der Waals surface area contributed by atoms with Crippen molar-refractivity contribution in [2.24, 2.45) is 0 Å². The number of rotatable bonds is 7. The third kappa shape index (κ3) is 4.77. The van der Waals surface area contributed by atoms with Crippen molar-refractivity contribution in [1.29, 1.82) is 0 Å². The highest BCUT2D eigenvalue weighted by Crippen LogP contribution is 2.16. The Morgan fingerprint density at radius 2 is 2.07 bits per heavy atom. The fraction of sp³-hybridized carbons (Fsp3) is 0.667. The average molecular weight is 211 g/mol. The lowest BCUT2D eigenvalue weighted by Crippen LogP contribution is -2.15.